The van der Waals surface area contributed by atoms with Gasteiger partial charge in [-0.05, 0) is 50.7 Å². The first-order valence-corrected chi connectivity index (χ1v) is 11.3. The molecule has 0 radical (unpaired) electrons. The van der Waals surface area contributed by atoms with Crippen LogP contribution in [-0.4, -0.2) is 31.1 Å². The van der Waals surface area contributed by atoms with E-state index >= 15 is 0 Å². The Morgan fingerprint density at radius 1 is 1.07 bits per heavy atom. The van der Waals surface area contributed by atoms with E-state index in [0.717, 1.165) is 25.7 Å². The first-order valence-electron chi connectivity index (χ1n) is 11.3. The summed E-state index contributed by atoms with van der Waals surface area (Å²) in [5.41, 5.74) is 0.561. The van der Waals surface area contributed by atoms with Gasteiger partial charge >= 0.3 is 5.97 Å². The van der Waals surface area contributed by atoms with E-state index in [1.165, 1.54) is 32.1 Å². The van der Waals surface area contributed by atoms with Gasteiger partial charge in [0.25, 0.3) is 0 Å². The second kappa shape index (κ2) is 13.6. The van der Waals surface area contributed by atoms with Crippen LogP contribution in [-0.2, 0) is 14.2 Å². The standard InChI is InChI=1S/C25H38O4/c1-4-5-6-7-8-9-10-11-15-18-27-25-23(19-20(2)21(3)28-25)29-24(26)22-16-13-12-14-17-22/h4,12-14,16-17,20-21,23,25H,1,5-11,15,18-19H2,2-3H3/t20-,21?,23?,25-/m1/s1. The third-order valence-corrected chi connectivity index (χ3v) is 5.66. The van der Waals surface area contributed by atoms with E-state index in [1.807, 2.05) is 24.3 Å². The smallest absolute Gasteiger partial charge is 0.338 e. The van der Waals surface area contributed by atoms with Gasteiger partial charge in [-0.3, -0.25) is 0 Å². The number of rotatable bonds is 13. The van der Waals surface area contributed by atoms with Crippen LogP contribution in [0.4, 0.5) is 0 Å². The minimum absolute atomic E-state index is 0.0993. The van der Waals surface area contributed by atoms with Crippen LogP contribution in [0, 0.1) is 5.92 Å². The maximum Gasteiger partial charge on any atom is 0.338 e. The summed E-state index contributed by atoms with van der Waals surface area (Å²) >= 11 is 0. The molecule has 1 aromatic rings. The zero-order chi connectivity index (χ0) is 20.9. The van der Waals surface area contributed by atoms with Crippen molar-refractivity contribution in [1.82, 2.24) is 0 Å². The summed E-state index contributed by atoms with van der Waals surface area (Å²) < 4.78 is 17.8. The molecule has 4 nitrogen and oxygen atoms in total. The van der Waals surface area contributed by atoms with Crippen molar-refractivity contribution in [2.45, 2.75) is 90.1 Å². The van der Waals surface area contributed by atoms with E-state index in [9.17, 15) is 4.79 Å². The quantitative estimate of drug-likeness (QED) is 0.220. The van der Waals surface area contributed by atoms with E-state index in [-0.39, 0.29) is 18.2 Å². The molecule has 1 aromatic carbocycles. The second-order valence-electron chi connectivity index (χ2n) is 8.16. The van der Waals surface area contributed by atoms with Crippen LogP contribution in [0.2, 0.25) is 0 Å². The third-order valence-electron chi connectivity index (χ3n) is 5.66. The SMILES string of the molecule is C=CCCCCCCCCCO[C@@H]1OC(C)[C@H](C)CC1OC(=O)c1ccccc1. The molecule has 0 amide bonds. The first kappa shape index (κ1) is 23.6. The van der Waals surface area contributed by atoms with Gasteiger partial charge in [0.2, 0.25) is 0 Å². The molecule has 29 heavy (non-hydrogen) atoms. The van der Waals surface area contributed by atoms with Crippen LogP contribution in [0.3, 0.4) is 0 Å². The van der Waals surface area contributed by atoms with Crippen LogP contribution in [0.25, 0.3) is 0 Å². The fourth-order valence-corrected chi connectivity index (χ4v) is 3.61. The van der Waals surface area contributed by atoms with Gasteiger partial charge in [0, 0.05) is 6.61 Å². The Morgan fingerprint density at radius 3 is 2.41 bits per heavy atom. The molecule has 162 valence electrons. The molecule has 4 atom stereocenters. The summed E-state index contributed by atoms with van der Waals surface area (Å²) in [6, 6.07) is 9.10. The lowest BCUT2D eigenvalue weighted by atomic mass is 9.95. The molecule has 1 fully saturated rings. The Kier molecular flexibility index (Phi) is 11.0. The molecule has 1 heterocycles. The molecule has 2 rings (SSSR count). The van der Waals surface area contributed by atoms with Gasteiger partial charge in [0.05, 0.1) is 11.7 Å². The van der Waals surface area contributed by atoms with Gasteiger partial charge in [0.1, 0.15) is 0 Å². The zero-order valence-corrected chi connectivity index (χ0v) is 18.2. The Hall–Kier alpha value is -1.65. The van der Waals surface area contributed by atoms with Crippen molar-refractivity contribution < 1.29 is 19.0 Å². The Balaban J connectivity index is 1.70. The van der Waals surface area contributed by atoms with E-state index in [2.05, 4.69) is 20.4 Å². The molecule has 0 spiro atoms. The molecular formula is C25H38O4. The molecule has 1 aliphatic rings. The number of benzene rings is 1. The predicted octanol–water partition coefficient (Wildman–Crippen LogP) is 6.31. The van der Waals surface area contributed by atoms with Gasteiger partial charge in [-0.15, -0.1) is 6.58 Å². The highest BCUT2D eigenvalue weighted by Gasteiger charge is 2.37. The van der Waals surface area contributed by atoms with Crippen molar-refractivity contribution in [2.24, 2.45) is 5.92 Å². The Labute approximate surface area is 176 Å². The van der Waals surface area contributed by atoms with Crippen molar-refractivity contribution in [3.8, 4) is 0 Å². The fourth-order valence-electron chi connectivity index (χ4n) is 3.61. The minimum atomic E-state index is -0.479. The number of ether oxygens (including phenoxy) is 3. The van der Waals surface area contributed by atoms with Crippen LogP contribution in [0.15, 0.2) is 43.0 Å². The molecule has 0 aromatic heterocycles. The average Bonchev–Trinajstić information content (AvgIpc) is 2.73. The summed E-state index contributed by atoms with van der Waals surface area (Å²) in [7, 11) is 0. The van der Waals surface area contributed by atoms with Gasteiger partial charge in [-0.25, -0.2) is 4.79 Å². The van der Waals surface area contributed by atoms with Crippen LogP contribution >= 0.6 is 0 Å². The third kappa shape index (κ3) is 8.71. The highest BCUT2D eigenvalue weighted by Crippen LogP contribution is 2.28. The second-order valence-corrected chi connectivity index (χ2v) is 8.16. The molecule has 1 aliphatic heterocycles. The van der Waals surface area contributed by atoms with Crippen molar-refractivity contribution in [1.29, 1.82) is 0 Å². The predicted molar refractivity (Wildman–Crippen MR) is 117 cm³/mol. The monoisotopic (exact) mass is 402 g/mol. The van der Waals surface area contributed by atoms with Crippen LogP contribution in [0.1, 0.15) is 82.0 Å². The molecule has 0 bridgehead atoms. The number of hydrogen-bond donors (Lipinski definition) is 0. The fraction of sp³-hybridized carbons (Fsp3) is 0.640. The zero-order valence-electron chi connectivity index (χ0n) is 18.2. The lowest BCUT2D eigenvalue weighted by Gasteiger charge is -2.38. The molecule has 0 saturated carbocycles. The van der Waals surface area contributed by atoms with Crippen molar-refractivity contribution in [2.75, 3.05) is 6.61 Å². The molecule has 0 aliphatic carbocycles. The van der Waals surface area contributed by atoms with E-state index in [0.29, 0.717) is 18.1 Å². The van der Waals surface area contributed by atoms with Crippen LogP contribution < -0.4 is 0 Å². The topological polar surface area (TPSA) is 44.8 Å². The number of hydrogen-bond acceptors (Lipinski definition) is 4. The molecule has 2 unspecified atom stereocenters. The van der Waals surface area contributed by atoms with Crippen molar-refractivity contribution in [3.63, 3.8) is 0 Å². The van der Waals surface area contributed by atoms with E-state index in [1.54, 1.807) is 12.1 Å². The Morgan fingerprint density at radius 2 is 1.72 bits per heavy atom. The van der Waals surface area contributed by atoms with Gasteiger partial charge < -0.3 is 14.2 Å². The maximum absolute atomic E-state index is 12.5. The summed E-state index contributed by atoms with van der Waals surface area (Å²) in [5, 5.41) is 0. The number of carbonyl (C=O) groups is 1. The van der Waals surface area contributed by atoms with E-state index < -0.39 is 6.29 Å². The molecule has 4 heteroatoms. The Bertz CT molecular complexity index is 586. The average molecular weight is 403 g/mol. The summed E-state index contributed by atoms with van der Waals surface area (Å²) in [6.07, 6.45) is 11.7. The summed E-state index contributed by atoms with van der Waals surface area (Å²) in [6.45, 7) is 8.58. The highest BCUT2D eigenvalue weighted by molar-refractivity contribution is 5.89. The van der Waals surface area contributed by atoms with Crippen molar-refractivity contribution >= 4 is 5.97 Å². The van der Waals surface area contributed by atoms with Gasteiger partial charge in [-0.2, -0.15) is 0 Å². The van der Waals surface area contributed by atoms with Gasteiger partial charge in [-0.1, -0.05) is 63.3 Å². The number of unbranched alkanes of at least 4 members (excludes halogenated alkanes) is 7. The maximum atomic E-state index is 12.5. The lowest BCUT2D eigenvalue weighted by Crippen LogP contribution is -2.46. The molecule has 1 saturated heterocycles. The highest BCUT2D eigenvalue weighted by atomic mass is 16.7. The van der Waals surface area contributed by atoms with Crippen molar-refractivity contribution in [3.05, 3.63) is 48.6 Å². The van der Waals surface area contributed by atoms with Gasteiger partial charge in [0.15, 0.2) is 12.4 Å². The minimum Gasteiger partial charge on any atom is -0.453 e. The first-order chi connectivity index (χ1) is 14.1. The lowest BCUT2D eigenvalue weighted by molar-refractivity contribution is -0.249. The molecular weight excluding hydrogens is 364 g/mol. The number of carbonyl (C=O) groups excluding carboxylic acids is 1. The van der Waals surface area contributed by atoms with Crippen LogP contribution in [0.5, 0.6) is 0 Å². The summed E-state index contributed by atoms with van der Waals surface area (Å²) in [5.74, 6) is 0.00974. The number of esters is 1. The molecule has 0 N–H and O–H groups in total. The number of allylic oxidation sites excluding steroid dienone is 1. The van der Waals surface area contributed by atoms with E-state index in [4.69, 9.17) is 14.2 Å². The largest absolute Gasteiger partial charge is 0.453 e. The normalized spacial score (nSPS) is 24.2. The summed E-state index contributed by atoms with van der Waals surface area (Å²) in [4.78, 5) is 12.5.